The number of nitrogens with zero attached hydrogens (tertiary/aromatic N) is 5. The zero-order chi connectivity index (χ0) is 26.4. The number of carbonyl (C=O) groups is 2. The molecule has 1 aliphatic rings. The highest BCUT2D eigenvalue weighted by Gasteiger charge is 2.29. The van der Waals surface area contributed by atoms with Crippen LogP contribution in [0.5, 0.6) is 0 Å². The molecule has 1 fully saturated rings. The second-order valence-corrected chi connectivity index (χ2v) is 9.77. The average molecular weight is 506 g/mol. The number of hydrogen-bond acceptors (Lipinski definition) is 6. The highest BCUT2D eigenvalue weighted by atomic mass is 16.2. The molecule has 2 aromatic carbocycles. The first-order valence-corrected chi connectivity index (χ1v) is 12.5. The standard InChI is InChI=1S/C29H27N7O2/c1-35-12-8-17-3-4-18(13-24(17)35)22-14-20(15-23-27(22)33-11-10-31-23)34-28-21(29(30)38)7-9-32-26(28)19-5-6-25(37)36(2)16-19/h3-4,7-15,19,34H,5-6,16H2,1-2H3,(H2,30,38). The summed E-state index contributed by atoms with van der Waals surface area (Å²) in [5.74, 6) is -0.472. The second kappa shape index (κ2) is 9.26. The summed E-state index contributed by atoms with van der Waals surface area (Å²) >= 11 is 0. The molecule has 3 N–H and O–H groups in total. The fourth-order valence-corrected chi connectivity index (χ4v) is 5.30. The van der Waals surface area contributed by atoms with Gasteiger partial charge >= 0.3 is 0 Å². The maximum absolute atomic E-state index is 12.5. The monoisotopic (exact) mass is 505 g/mol. The van der Waals surface area contributed by atoms with Gasteiger partial charge in [0.05, 0.1) is 28.0 Å². The van der Waals surface area contributed by atoms with Gasteiger partial charge < -0.3 is 20.5 Å². The smallest absolute Gasteiger partial charge is 0.250 e. The van der Waals surface area contributed by atoms with Crippen molar-refractivity contribution in [2.45, 2.75) is 18.8 Å². The maximum Gasteiger partial charge on any atom is 0.250 e. The first kappa shape index (κ1) is 23.6. The van der Waals surface area contributed by atoms with Crippen molar-refractivity contribution in [2.75, 3.05) is 18.9 Å². The minimum Gasteiger partial charge on any atom is -0.366 e. The van der Waals surface area contributed by atoms with E-state index in [0.29, 0.717) is 41.8 Å². The van der Waals surface area contributed by atoms with Crippen molar-refractivity contribution in [2.24, 2.45) is 12.8 Å². The highest BCUT2D eigenvalue weighted by molar-refractivity contribution is 6.01. The maximum atomic E-state index is 12.5. The molecule has 38 heavy (non-hydrogen) atoms. The van der Waals surface area contributed by atoms with E-state index in [1.165, 1.54) is 0 Å². The Morgan fingerprint density at radius 2 is 1.87 bits per heavy atom. The van der Waals surface area contributed by atoms with Crippen molar-refractivity contribution in [3.63, 3.8) is 0 Å². The Labute approximate surface area is 219 Å². The Morgan fingerprint density at radius 3 is 2.68 bits per heavy atom. The predicted molar refractivity (Wildman–Crippen MR) is 147 cm³/mol. The molecule has 9 nitrogen and oxygen atoms in total. The molecule has 0 radical (unpaired) electrons. The quantitative estimate of drug-likeness (QED) is 0.366. The van der Waals surface area contributed by atoms with E-state index >= 15 is 0 Å². The molecule has 1 atom stereocenters. The number of nitrogens with two attached hydrogens (primary N) is 1. The number of piperidine rings is 1. The van der Waals surface area contributed by atoms with Gasteiger partial charge in [0.25, 0.3) is 5.91 Å². The lowest BCUT2D eigenvalue weighted by molar-refractivity contribution is -0.132. The molecule has 6 rings (SSSR count). The lowest BCUT2D eigenvalue weighted by Crippen LogP contribution is -2.36. The van der Waals surface area contributed by atoms with Crippen molar-refractivity contribution in [1.82, 2.24) is 24.4 Å². The Kier molecular flexibility index (Phi) is 5.75. The number of primary amides is 1. The lowest BCUT2D eigenvalue weighted by atomic mass is 9.91. The van der Waals surface area contributed by atoms with Crippen LogP contribution in [0.4, 0.5) is 11.4 Å². The Morgan fingerprint density at radius 1 is 1.03 bits per heavy atom. The summed E-state index contributed by atoms with van der Waals surface area (Å²) < 4.78 is 2.09. The van der Waals surface area contributed by atoms with E-state index in [2.05, 4.69) is 49.1 Å². The number of amides is 2. The fourth-order valence-electron chi connectivity index (χ4n) is 5.30. The summed E-state index contributed by atoms with van der Waals surface area (Å²) in [5, 5.41) is 4.61. The van der Waals surface area contributed by atoms with Gasteiger partial charge in [0.1, 0.15) is 0 Å². The molecule has 4 heterocycles. The van der Waals surface area contributed by atoms with Crippen LogP contribution in [0.1, 0.15) is 34.8 Å². The van der Waals surface area contributed by atoms with Crippen molar-refractivity contribution in [1.29, 1.82) is 0 Å². The van der Waals surface area contributed by atoms with Crippen LogP contribution in [0.2, 0.25) is 0 Å². The summed E-state index contributed by atoms with van der Waals surface area (Å²) in [6.07, 6.45) is 8.07. The number of aryl methyl sites for hydroxylation is 1. The van der Waals surface area contributed by atoms with Crippen molar-refractivity contribution in [3.8, 4) is 11.1 Å². The van der Waals surface area contributed by atoms with E-state index in [0.717, 1.165) is 33.2 Å². The topological polar surface area (TPSA) is 119 Å². The molecule has 0 spiro atoms. The normalized spacial score (nSPS) is 15.8. The van der Waals surface area contributed by atoms with Gasteiger partial charge in [-0.1, -0.05) is 12.1 Å². The van der Waals surface area contributed by atoms with Gasteiger partial charge in [0, 0.05) is 74.5 Å². The molecule has 5 aromatic rings. The van der Waals surface area contributed by atoms with Crippen LogP contribution in [-0.2, 0) is 11.8 Å². The van der Waals surface area contributed by atoms with Crippen molar-refractivity contribution in [3.05, 3.63) is 78.5 Å². The Bertz CT molecular complexity index is 1730. The molecule has 0 saturated carbocycles. The van der Waals surface area contributed by atoms with Crippen LogP contribution in [-0.4, -0.2) is 49.8 Å². The number of hydrogen-bond donors (Lipinski definition) is 2. The summed E-state index contributed by atoms with van der Waals surface area (Å²) in [6.45, 7) is 0.522. The van der Waals surface area contributed by atoms with Gasteiger partial charge in [-0.2, -0.15) is 0 Å². The molecule has 190 valence electrons. The minimum atomic E-state index is -0.550. The summed E-state index contributed by atoms with van der Waals surface area (Å²) in [4.78, 5) is 40.1. The number of likely N-dealkylation sites (tertiary alicyclic amines) is 1. The number of aromatic nitrogens is 4. The average Bonchev–Trinajstić information content (AvgIpc) is 3.29. The van der Waals surface area contributed by atoms with Crippen LogP contribution in [0.3, 0.4) is 0 Å². The molecule has 1 unspecified atom stereocenters. The predicted octanol–water partition coefficient (Wildman–Crippen LogP) is 4.36. The van der Waals surface area contributed by atoms with E-state index in [4.69, 9.17) is 5.73 Å². The molecule has 1 aliphatic heterocycles. The van der Waals surface area contributed by atoms with E-state index in [1.54, 1.807) is 36.6 Å². The number of nitrogens with one attached hydrogen (secondary N) is 1. The van der Waals surface area contributed by atoms with Gasteiger partial charge in [-0.05, 0) is 47.7 Å². The van der Waals surface area contributed by atoms with Crippen LogP contribution >= 0.6 is 0 Å². The number of fused-ring (bicyclic) bond motifs is 2. The zero-order valence-electron chi connectivity index (χ0n) is 21.2. The third kappa shape index (κ3) is 4.11. The molecular formula is C29H27N7O2. The summed E-state index contributed by atoms with van der Waals surface area (Å²) in [7, 11) is 3.81. The number of anilines is 2. The molecule has 3 aromatic heterocycles. The van der Waals surface area contributed by atoms with E-state index < -0.39 is 5.91 Å². The molecule has 9 heteroatoms. The second-order valence-electron chi connectivity index (χ2n) is 9.77. The van der Waals surface area contributed by atoms with Crippen molar-refractivity contribution < 1.29 is 9.59 Å². The molecular weight excluding hydrogens is 478 g/mol. The first-order chi connectivity index (χ1) is 18.4. The molecule has 0 bridgehead atoms. The van der Waals surface area contributed by atoms with Gasteiger partial charge in [-0.15, -0.1) is 0 Å². The van der Waals surface area contributed by atoms with Gasteiger partial charge in [-0.25, -0.2) is 0 Å². The van der Waals surface area contributed by atoms with E-state index in [9.17, 15) is 9.59 Å². The Balaban J connectivity index is 1.49. The van der Waals surface area contributed by atoms with Crippen molar-refractivity contribution >= 4 is 45.1 Å². The third-order valence-electron chi connectivity index (χ3n) is 7.30. The van der Waals surface area contributed by atoms with Gasteiger partial charge in [0.15, 0.2) is 0 Å². The van der Waals surface area contributed by atoms with Crippen LogP contribution in [0.25, 0.3) is 33.1 Å². The number of benzene rings is 2. The Hall–Kier alpha value is -4.79. The number of pyridine rings is 1. The minimum absolute atomic E-state index is 0.0287. The first-order valence-electron chi connectivity index (χ1n) is 12.5. The zero-order valence-corrected chi connectivity index (χ0v) is 21.2. The number of likely N-dealkylation sites (N-methyl/N-ethyl adjacent to an activating group) is 1. The SMILES string of the molecule is CN1CC(c2nccc(C(N)=O)c2Nc2cc(-c3ccc4ccn(C)c4c3)c3nccnc3c2)CCC1=O. The van der Waals surface area contributed by atoms with Gasteiger partial charge in [0.2, 0.25) is 5.91 Å². The van der Waals surface area contributed by atoms with E-state index in [-0.39, 0.29) is 11.8 Å². The summed E-state index contributed by atoms with van der Waals surface area (Å²) in [6, 6.07) is 13.9. The summed E-state index contributed by atoms with van der Waals surface area (Å²) in [5.41, 5.74) is 12.7. The largest absolute Gasteiger partial charge is 0.366 e. The van der Waals surface area contributed by atoms with Crippen LogP contribution in [0.15, 0.2) is 67.3 Å². The third-order valence-corrected chi connectivity index (χ3v) is 7.30. The number of rotatable bonds is 5. The molecule has 1 saturated heterocycles. The molecule has 2 amide bonds. The lowest BCUT2D eigenvalue weighted by Gasteiger charge is -2.30. The number of carbonyl (C=O) groups excluding carboxylic acids is 2. The molecule has 0 aliphatic carbocycles. The van der Waals surface area contributed by atoms with Gasteiger partial charge in [-0.3, -0.25) is 24.5 Å². The highest BCUT2D eigenvalue weighted by Crippen LogP contribution is 2.37. The fraction of sp³-hybridized carbons (Fsp3) is 0.207. The van der Waals surface area contributed by atoms with Crippen LogP contribution < -0.4 is 11.1 Å². The van der Waals surface area contributed by atoms with E-state index in [1.807, 2.05) is 25.4 Å². The van der Waals surface area contributed by atoms with Crippen LogP contribution in [0, 0.1) is 0 Å².